The molecule has 8 unspecified atom stereocenters. The van der Waals surface area contributed by atoms with Crippen molar-refractivity contribution in [3.63, 3.8) is 0 Å². The molecule has 4 rings (SSSR count). The number of aliphatic hydroxyl groups is 2. The van der Waals surface area contributed by atoms with Gasteiger partial charge in [0.1, 0.15) is 12.2 Å². The maximum atomic E-state index is 13.3. The van der Waals surface area contributed by atoms with Gasteiger partial charge in [-0.1, -0.05) is 32.4 Å². The van der Waals surface area contributed by atoms with Gasteiger partial charge in [-0.3, -0.25) is 9.59 Å². The molecule has 0 bridgehead atoms. The third-order valence-corrected chi connectivity index (χ3v) is 10.1. The molecule has 0 aromatic rings. The highest BCUT2D eigenvalue weighted by atomic mass is 35.5. The van der Waals surface area contributed by atoms with Crippen molar-refractivity contribution < 1.29 is 24.5 Å². The number of ether oxygens (including phenoxy) is 1. The fourth-order valence-corrected chi connectivity index (χ4v) is 8.02. The van der Waals surface area contributed by atoms with Gasteiger partial charge in [-0.25, -0.2) is 0 Å². The summed E-state index contributed by atoms with van der Waals surface area (Å²) in [5.74, 6) is -0.705. The first kappa shape index (κ1) is 23.2. The highest BCUT2D eigenvalue weighted by molar-refractivity contribution is 6.26. The molecule has 3 fully saturated rings. The van der Waals surface area contributed by atoms with Crippen molar-refractivity contribution in [2.75, 3.05) is 6.61 Å². The zero-order valence-corrected chi connectivity index (χ0v) is 19.9. The Kier molecular flexibility index (Phi) is 5.41. The Bertz CT molecular complexity index is 864. The number of hydrogen-bond acceptors (Lipinski definition) is 5. The summed E-state index contributed by atoms with van der Waals surface area (Å²) >= 11 is 7.40. The first-order chi connectivity index (χ1) is 14.3. The van der Waals surface area contributed by atoms with Gasteiger partial charge < -0.3 is 14.9 Å². The number of alkyl halides is 1. The quantitative estimate of drug-likeness (QED) is 0.639. The molecule has 8 atom stereocenters. The number of Topliss-reactive ketones (excluding diaryl/α,β-unsaturated/α-hetero) is 1. The lowest BCUT2D eigenvalue weighted by Gasteiger charge is -2.63. The van der Waals surface area contributed by atoms with E-state index < -0.39 is 27.4 Å². The molecule has 0 radical (unpaired) electrons. The van der Waals surface area contributed by atoms with E-state index in [1.807, 2.05) is 40.7 Å². The van der Waals surface area contributed by atoms with Crippen LogP contribution in [0.5, 0.6) is 0 Å². The van der Waals surface area contributed by atoms with E-state index in [0.29, 0.717) is 6.42 Å². The average molecular weight is 451 g/mol. The van der Waals surface area contributed by atoms with E-state index >= 15 is 0 Å². The largest absolute Gasteiger partial charge is 0.391 e. The smallest absolute Gasteiger partial charge is 0.190 e. The Morgan fingerprint density at radius 3 is 2.65 bits per heavy atom. The van der Waals surface area contributed by atoms with Gasteiger partial charge in [0.2, 0.25) is 0 Å². The molecule has 0 aliphatic heterocycles. The second-order valence-electron chi connectivity index (χ2n) is 11.0. The molecule has 4 aliphatic rings. The molecule has 0 amide bonds. The first-order valence-corrected chi connectivity index (χ1v) is 11.9. The van der Waals surface area contributed by atoms with Crippen LogP contribution in [-0.2, 0) is 14.3 Å². The third kappa shape index (κ3) is 2.86. The zero-order chi connectivity index (χ0) is 23.0. The van der Waals surface area contributed by atoms with Crippen molar-refractivity contribution >= 4 is 23.2 Å². The Hall–Kier alpha value is -1.01. The highest BCUT2D eigenvalue weighted by Gasteiger charge is 2.74. The first-order valence-electron chi connectivity index (χ1n) is 11.5. The van der Waals surface area contributed by atoms with Crippen LogP contribution >= 0.6 is 11.6 Å². The van der Waals surface area contributed by atoms with E-state index in [1.165, 1.54) is 0 Å². The van der Waals surface area contributed by atoms with Crippen molar-refractivity contribution in [1.82, 2.24) is 0 Å². The molecule has 5 nitrogen and oxygen atoms in total. The fraction of sp³-hybridized carbons (Fsp3) is 0.760. The molecule has 0 spiro atoms. The van der Waals surface area contributed by atoms with Crippen molar-refractivity contribution in [2.45, 2.75) is 83.0 Å². The number of halogens is 1. The molecule has 172 valence electrons. The summed E-state index contributed by atoms with van der Waals surface area (Å²) in [7, 11) is 0. The molecule has 4 aliphatic carbocycles. The van der Waals surface area contributed by atoms with Crippen LogP contribution < -0.4 is 0 Å². The van der Waals surface area contributed by atoms with Gasteiger partial charge in [0.25, 0.3) is 0 Å². The van der Waals surface area contributed by atoms with Gasteiger partial charge in [-0.05, 0) is 69.4 Å². The number of fused-ring (bicyclic) bond motifs is 5. The van der Waals surface area contributed by atoms with E-state index in [9.17, 15) is 19.8 Å². The zero-order valence-electron chi connectivity index (χ0n) is 19.2. The molecule has 2 N–H and O–H groups in total. The van der Waals surface area contributed by atoms with Crippen LogP contribution in [0.3, 0.4) is 0 Å². The minimum Gasteiger partial charge on any atom is -0.391 e. The topological polar surface area (TPSA) is 83.8 Å². The normalized spacial score (nSPS) is 48.8. The maximum absolute atomic E-state index is 13.3. The van der Waals surface area contributed by atoms with Gasteiger partial charge in [-0.2, -0.15) is 0 Å². The monoisotopic (exact) mass is 450 g/mol. The lowest BCUT2D eigenvalue weighted by Crippen LogP contribution is -2.69. The maximum Gasteiger partial charge on any atom is 0.190 e. The van der Waals surface area contributed by atoms with Crippen LogP contribution in [0.25, 0.3) is 0 Å². The van der Waals surface area contributed by atoms with Crippen LogP contribution in [0.2, 0.25) is 0 Å². The van der Waals surface area contributed by atoms with Crippen molar-refractivity contribution in [3.05, 3.63) is 23.8 Å². The van der Waals surface area contributed by atoms with E-state index in [4.69, 9.17) is 16.3 Å². The summed E-state index contributed by atoms with van der Waals surface area (Å²) < 4.78 is 5.56. The molecule has 0 aromatic carbocycles. The van der Waals surface area contributed by atoms with Gasteiger partial charge in [0, 0.05) is 10.8 Å². The molecule has 0 heterocycles. The second kappa shape index (κ2) is 7.24. The molecule has 6 heteroatoms. The number of allylic oxidation sites excluding steroid dienone is 4. The Morgan fingerprint density at radius 1 is 1.32 bits per heavy atom. The van der Waals surface area contributed by atoms with Crippen molar-refractivity contribution in [1.29, 1.82) is 0 Å². The summed E-state index contributed by atoms with van der Waals surface area (Å²) in [5.41, 5.74) is -2.03. The SMILES string of the molecule is CC(C)OCC(=O)C1(O)C(C)CC2C3CCC4=CC(=O)C=CC4(C)C3(Cl)C(O)CC21C. The molecular weight excluding hydrogens is 416 g/mol. The standard InChI is InChI=1S/C25H35ClO5/c1-14(2)31-13-21(29)25(30)15(3)10-19-18-7-6-16-11-17(27)8-9-22(16,4)24(18,26)20(28)12-23(19,25)5/h8-9,11,14-15,18-20,28,30H,6-7,10,12-13H2,1-5H3. The van der Waals surface area contributed by atoms with E-state index in [2.05, 4.69) is 0 Å². The van der Waals surface area contributed by atoms with Crippen LogP contribution in [0, 0.1) is 28.6 Å². The highest BCUT2D eigenvalue weighted by Crippen LogP contribution is 2.71. The molecular formula is C25H35ClO5. The number of ketones is 2. The van der Waals surface area contributed by atoms with E-state index in [-0.39, 0.29) is 48.5 Å². The third-order valence-electron chi connectivity index (χ3n) is 9.20. The minimum atomic E-state index is -1.57. The number of carbonyl (C=O) groups is 2. The van der Waals surface area contributed by atoms with Crippen LogP contribution in [0.15, 0.2) is 23.8 Å². The van der Waals surface area contributed by atoms with E-state index in [0.717, 1.165) is 18.4 Å². The van der Waals surface area contributed by atoms with Crippen molar-refractivity contribution in [3.8, 4) is 0 Å². The Morgan fingerprint density at radius 2 is 2.00 bits per heavy atom. The van der Waals surface area contributed by atoms with Gasteiger partial charge in [0.15, 0.2) is 11.6 Å². The molecule has 31 heavy (non-hydrogen) atoms. The molecule has 0 saturated heterocycles. The predicted molar refractivity (Wildman–Crippen MR) is 119 cm³/mol. The number of hydrogen-bond donors (Lipinski definition) is 2. The molecule has 3 saturated carbocycles. The number of rotatable bonds is 4. The summed E-state index contributed by atoms with van der Waals surface area (Å²) in [6.45, 7) is 9.48. The average Bonchev–Trinajstić information content (AvgIpc) is 2.89. The Labute approximate surface area is 189 Å². The van der Waals surface area contributed by atoms with Crippen LogP contribution in [0.4, 0.5) is 0 Å². The Balaban J connectivity index is 1.75. The summed E-state index contributed by atoms with van der Waals surface area (Å²) in [6, 6.07) is 0. The summed E-state index contributed by atoms with van der Waals surface area (Å²) in [6.07, 6.45) is 6.40. The van der Waals surface area contributed by atoms with Crippen molar-refractivity contribution in [2.24, 2.45) is 28.6 Å². The fourth-order valence-electron chi connectivity index (χ4n) is 7.49. The predicted octanol–water partition coefficient (Wildman–Crippen LogP) is 3.60. The van der Waals surface area contributed by atoms with Gasteiger partial charge >= 0.3 is 0 Å². The minimum absolute atomic E-state index is 0.0131. The van der Waals surface area contributed by atoms with Gasteiger partial charge in [-0.15, -0.1) is 11.6 Å². The summed E-state index contributed by atoms with van der Waals surface area (Å²) in [4.78, 5) is 24.3. The number of aliphatic hydroxyl groups excluding tert-OH is 1. The van der Waals surface area contributed by atoms with Crippen LogP contribution in [-0.4, -0.2) is 51.1 Å². The second-order valence-corrected chi connectivity index (χ2v) is 11.6. The number of carbonyl (C=O) groups excluding carboxylic acids is 2. The van der Waals surface area contributed by atoms with Gasteiger partial charge in [0.05, 0.1) is 17.1 Å². The lowest BCUT2D eigenvalue weighted by molar-refractivity contribution is -0.181. The lowest BCUT2D eigenvalue weighted by atomic mass is 9.45. The molecule has 0 aromatic heterocycles. The summed E-state index contributed by atoms with van der Waals surface area (Å²) in [5, 5.41) is 23.4. The van der Waals surface area contributed by atoms with Crippen LogP contribution in [0.1, 0.15) is 60.3 Å². The van der Waals surface area contributed by atoms with E-state index in [1.54, 1.807) is 12.2 Å².